The summed E-state index contributed by atoms with van der Waals surface area (Å²) in [5.41, 5.74) is 0.239. The molecule has 0 saturated carbocycles. The second-order valence-corrected chi connectivity index (χ2v) is 3.62. The first kappa shape index (κ1) is 12.5. The van der Waals surface area contributed by atoms with Gasteiger partial charge in [-0.15, -0.1) is 5.10 Å². The minimum absolute atomic E-state index is 0.0930. The topological polar surface area (TPSA) is 117 Å². The molecule has 0 fully saturated rings. The van der Waals surface area contributed by atoms with Gasteiger partial charge in [0, 0.05) is 6.54 Å². The number of hydrogen-bond acceptors (Lipinski definition) is 6. The summed E-state index contributed by atoms with van der Waals surface area (Å²) in [4.78, 5) is 14.7. The summed E-state index contributed by atoms with van der Waals surface area (Å²) in [5, 5.41) is 27.6. The van der Waals surface area contributed by atoms with E-state index in [2.05, 4.69) is 20.6 Å². The number of pyridine rings is 1. The van der Waals surface area contributed by atoms with Crippen molar-refractivity contribution in [2.45, 2.75) is 6.54 Å². The summed E-state index contributed by atoms with van der Waals surface area (Å²) in [6.45, 7) is 0.934. The summed E-state index contributed by atoms with van der Waals surface area (Å²) < 4.78 is 1.42. The van der Waals surface area contributed by atoms with Crippen LogP contribution in [0.15, 0.2) is 24.4 Å². The van der Waals surface area contributed by atoms with Gasteiger partial charge in [-0.1, -0.05) is 11.3 Å². The van der Waals surface area contributed by atoms with Crippen molar-refractivity contribution >= 4 is 11.8 Å². The van der Waals surface area contributed by atoms with Gasteiger partial charge in [-0.3, -0.25) is 0 Å². The van der Waals surface area contributed by atoms with Gasteiger partial charge in [-0.2, -0.15) is 5.26 Å². The average Bonchev–Trinajstić information content (AvgIpc) is 2.88. The Labute approximate surface area is 108 Å². The molecule has 2 N–H and O–H groups in total. The van der Waals surface area contributed by atoms with E-state index in [1.807, 2.05) is 6.07 Å². The maximum absolute atomic E-state index is 10.6. The van der Waals surface area contributed by atoms with Crippen LogP contribution in [0, 0.1) is 11.3 Å². The molecule has 96 valence electrons. The monoisotopic (exact) mass is 258 g/mol. The largest absolute Gasteiger partial charge is 0.476 e. The van der Waals surface area contributed by atoms with Crippen LogP contribution in [0.25, 0.3) is 0 Å². The van der Waals surface area contributed by atoms with Crippen LogP contribution >= 0.6 is 0 Å². The quantitative estimate of drug-likeness (QED) is 0.794. The Balaban J connectivity index is 1.89. The Morgan fingerprint density at radius 3 is 3.05 bits per heavy atom. The normalized spacial score (nSPS) is 9.84. The maximum Gasteiger partial charge on any atom is 0.358 e. The first-order valence-electron chi connectivity index (χ1n) is 5.43. The summed E-state index contributed by atoms with van der Waals surface area (Å²) in [6.07, 6.45) is 1.35. The van der Waals surface area contributed by atoms with E-state index in [0.29, 0.717) is 24.6 Å². The molecule has 0 aliphatic rings. The van der Waals surface area contributed by atoms with Gasteiger partial charge in [0.25, 0.3) is 0 Å². The number of aromatic carboxylic acids is 1. The molecule has 0 radical (unpaired) electrons. The van der Waals surface area contributed by atoms with Crippen molar-refractivity contribution < 1.29 is 9.90 Å². The second-order valence-electron chi connectivity index (χ2n) is 3.62. The highest BCUT2D eigenvalue weighted by Crippen LogP contribution is 2.03. The third-order valence-electron chi connectivity index (χ3n) is 2.27. The zero-order chi connectivity index (χ0) is 13.7. The van der Waals surface area contributed by atoms with E-state index in [1.54, 1.807) is 18.2 Å². The lowest BCUT2D eigenvalue weighted by atomic mass is 10.3. The van der Waals surface area contributed by atoms with Gasteiger partial charge in [0.1, 0.15) is 17.6 Å². The van der Waals surface area contributed by atoms with Crippen LogP contribution in [0.2, 0.25) is 0 Å². The number of carboxylic acids is 1. The Morgan fingerprint density at radius 2 is 2.37 bits per heavy atom. The molecule has 2 rings (SSSR count). The van der Waals surface area contributed by atoms with E-state index in [4.69, 9.17) is 10.4 Å². The molecule has 0 amide bonds. The highest BCUT2D eigenvalue weighted by molar-refractivity contribution is 5.84. The maximum atomic E-state index is 10.6. The first-order chi connectivity index (χ1) is 9.19. The number of rotatable bonds is 5. The molecule has 0 unspecified atom stereocenters. The van der Waals surface area contributed by atoms with E-state index in [1.165, 1.54) is 10.9 Å². The van der Waals surface area contributed by atoms with Crippen LogP contribution in [-0.2, 0) is 6.54 Å². The molecule has 0 spiro atoms. The van der Waals surface area contributed by atoms with E-state index in [9.17, 15) is 4.79 Å². The minimum Gasteiger partial charge on any atom is -0.476 e. The van der Waals surface area contributed by atoms with Crippen molar-refractivity contribution in [1.29, 1.82) is 5.26 Å². The molecule has 0 aliphatic carbocycles. The lowest BCUT2D eigenvalue weighted by molar-refractivity contribution is 0.0690. The molecule has 0 aromatic carbocycles. The fourth-order valence-electron chi connectivity index (χ4n) is 1.40. The average molecular weight is 258 g/mol. The molecule has 2 heterocycles. The zero-order valence-corrected chi connectivity index (χ0v) is 9.82. The van der Waals surface area contributed by atoms with Gasteiger partial charge in [-0.05, 0) is 12.1 Å². The number of hydrogen-bond donors (Lipinski definition) is 2. The van der Waals surface area contributed by atoms with Crippen LogP contribution in [0.3, 0.4) is 0 Å². The van der Waals surface area contributed by atoms with Crippen molar-refractivity contribution in [3.63, 3.8) is 0 Å². The van der Waals surface area contributed by atoms with E-state index in [0.717, 1.165) is 0 Å². The number of aromatic nitrogens is 4. The lowest BCUT2D eigenvalue weighted by Crippen LogP contribution is -2.12. The van der Waals surface area contributed by atoms with Gasteiger partial charge in [-0.25, -0.2) is 14.5 Å². The van der Waals surface area contributed by atoms with E-state index >= 15 is 0 Å². The lowest BCUT2D eigenvalue weighted by Gasteiger charge is -2.04. The van der Waals surface area contributed by atoms with E-state index < -0.39 is 5.97 Å². The highest BCUT2D eigenvalue weighted by atomic mass is 16.4. The van der Waals surface area contributed by atoms with Crippen LogP contribution in [0.4, 0.5) is 5.82 Å². The molecule has 2 aromatic rings. The second kappa shape index (κ2) is 5.59. The number of carboxylic acid groups (broad SMARTS) is 1. The van der Waals surface area contributed by atoms with Crippen LogP contribution in [-0.4, -0.2) is 37.6 Å². The van der Waals surface area contributed by atoms with Gasteiger partial charge in [0.05, 0.1) is 12.7 Å². The molecular weight excluding hydrogens is 248 g/mol. The number of anilines is 1. The van der Waals surface area contributed by atoms with Gasteiger partial charge in [0.15, 0.2) is 5.69 Å². The van der Waals surface area contributed by atoms with Gasteiger partial charge in [0.2, 0.25) is 0 Å². The molecule has 19 heavy (non-hydrogen) atoms. The standard InChI is InChI=1S/C11H10N6O2/c12-6-8-2-1-3-10(14-8)13-4-5-17-7-9(11(18)19)15-16-17/h1-3,7H,4-5H2,(H,13,14)(H,18,19). The third-order valence-corrected chi connectivity index (χ3v) is 2.27. The predicted molar refractivity (Wildman–Crippen MR) is 64.4 cm³/mol. The van der Waals surface area contributed by atoms with Crippen molar-refractivity contribution in [2.24, 2.45) is 0 Å². The molecule has 0 atom stereocenters. The SMILES string of the molecule is N#Cc1cccc(NCCn2cc(C(=O)O)nn2)n1. The molecule has 0 bridgehead atoms. The summed E-state index contributed by atoms with van der Waals surface area (Å²) in [5.74, 6) is -0.528. The van der Waals surface area contributed by atoms with Gasteiger partial charge >= 0.3 is 5.97 Å². The third kappa shape index (κ3) is 3.26. The van der Waals surface area contributed by atoms with Crippen LogP contribution < -0.4 is 5.32 Å². The zero-order valence-electron chi connectivity index (χ0n) is 9.82. The molecule has 8 nitrogen and oxygen atoms in total. The van der Waals surface area contributed by atoms with Gasteiger partial charge < -0.3 is 10.4 Å². The number of nitrogens with one attached hydrogen (secondary N) is 1. The molecular formula is C11H10N6O2. The summed E-state index contributed by atoms with van der Waals surface area (Å²) >= 11 is 0. The molecule has 8 heteroatoms. The van der Waals surface area contributed by atoms with Crippen LogP contribution in [0.1, 0.15) is 16.2 Å². The Kier molecular flexibility index (Phi) is 3.68. The fourth-order valence-corrected chi connectivity index (χ4v) is 1.40. The van der Waals surface area contributed by atoms with Crippen LogP contribution in [0.5, 0.6) is 0 Å². The smallest absolute Gasteiger partial charge is 0.358 e. The summed E-state index contributed by atoms with van der Waals surface area (Å²) in [6, 6.07) is 7.03. The Bertz CT molecular complexity index is 630. The van der Waals surface area contributed by atoms with Crippen molar-refractivity contribution in [2.75, 3.05) is 11.9 Å². The number of carbonyl (C=O) groups is 1. The Hall–Kier alpha value is -2.95. The Morgan fingerprint density at radius 1 is 1.53 bits per heavy atom. The predicted octanol–water partition coefficient (Wildman–Crippen LogP) is 0.355. The van der Waals surface area contributed by atoms with Crippen molar-refractivity contribution in [3.05, 3.63) is 35.8 Å². The van der Waals surface area contributed by atoms with E-state index in [-0.39, 0.29) is 5.69 Å². The van der Waals surface area contributed by atoms with Crippen molar-refractivity contribution in [1.82, 2.24) is 20.0 Å². The molecule has 0 aliphatic heterocycles. The molecule has 2 aromatic heterocycles. The number of nitrogens with zero attached hydrogens (tertiary/aromatic N) is 5. The summed E-state index contributed by atoms with van der Waals surface area (Å²) in [7, 11) is 0. The highest BCUT2D eigenvalue weighted by Gasteiger charge is 2.07. The number of nitriles is 1. The van der Waals surface area contributed by atoms with Crippen molar-refractivity contribution in [3.8, 4) is 6.07 Å². The first-order valence-corrected chi connectivity index (χ1v) is 5.43. The minimum atomic E-state index is -1.11. The molecule has 0 saturated heterocycles. The fraction of sp³-hybridized carbons (Fsp3) is 0.182.